The van der Waals surface area contributed by atoms with Gasteiger partial charge in [0.15, 0.2) is 0 Å². The summed E-state index contributed by atoms with van der Waals surface area (Å²) in [7, 11) is 0. The number of hydrogen-bond donors (Lipinski definition) is 2. The van der Waals surface area contributed by atoms with Gasteiger partial charge in [0.05, 0.1) is 5.52 Å². The first-order valence-corrected chi connectivity index (χ1v) is 10.2. The number of piperidine rings is 1. The molecular formula is C24H29N3O2. The zero-order chi connectivity index (χ0) is 20.6. The molecule has 0 atom stereocenters. The molecule has 1 fully saturated rings. The van der Waals surface area contributed by atoms with E-state index in [1.807, 2.05) is 18.3 Å². The molecule has 0 aliphatic carbocycles. The van der Waals surface area contributed by atoms with Crippen molar-refractivity contribution in [3.05, 3.63) is 66.4 Å². The number of para-hydroxylation sites is 1. The second-order valence-electron chi connectivity index (χ2n) is 7.60. The highest BCUT2D eigenvalue weighted by atomic mass is 16.4. The number of carbonyl (C=O) groups is 1. The predicted molar refractivity (Wildman–Crippen MR) is 120 cm³/mol. The Hall–Kier alpha value is -3.08. The van der Waals surface area contributed by atoms with E-state index in [4.69, 9.17) is 5.11 Å². The van der Waals surface area contributed by atoms with Crippen LogP contribution in [0.25, 0.3) is 10.9 Å². The van der Waals surface area contributed by atoms with Gasteiger partial charge in [-0.25, -0.2) is 4.79 Å². The summed E-state index contributed by atoms with van der Waals surface area (Å²) in [4.78, 5) is 17.2. The molecule has 1 amide bonds. The Labute approximate surface area is 172 Å². The number of amides is 1. The average Bonchev–Trinajstić information content (AvgIpc) is 2.74. The fraction of sp³-hybridized carbons (Fsp3) is 0.333. The van der Waals surface area contributed by atoms with Crippen LogP contribution in [-0.2, 0) is 0 Å². The molecule has 1 saturated heterocycles. The summed E-state index contributed by atoms with van der Waals surface area (Å²) >= 11 is 0. The quantitative estimate of drug-likeness (QED) is 0.564. The molecule has 5 nitrogen and oxygen atoms in total. The smallest absolute Gasteiger partial charge is 0.409 e. The highest BCUT2D eigenvalue weighted by Crippen LogP contribution is 2.27. The molecule has 0 saturated carbocycles. The first kappa shape index (κ1) is 20.6. The fourth-order valence-electron chi connectivity index (χ4n) is 3.57. The van der Waals surface area contributed by atoms with Crippen LogP contribution in [0.1, 0.15) is 44.6 Å². The van der Waals surface area contributed by atoms with Gasteiger partial charge < -0.3 is 10.0 Å². The minimum absolute atomic E-state index is 0.471. The van der Waals surface area contributed by atoms with E-state index in [9.17, 15) is 4.79 Å². The van der Waals surface area contributed by atoms with Crippen LogP contribution < -0.4 is 10.2 Å². The third kappa shape index (κ3) is 5.70. The predicted octanol–water partition coefficient (Wildman–Crippen LogP) is 6.13. The number of rotatable bonds is 3. The molecular weight excluding hydrogens is 362 g/mol. The van der Waals surface area contributed by atoms with Crippen LogP contribution in [0, 0.1) is 0 Å². The number of carboxylic acid groups (broad SMARTS) is 1. The molecule has 2 aromatic carbocycles. The number of benzene rings is 2. The summed E-state index contributed by atoms with van der Waals surface area (Å²) < 4.78 is 0. The average molecular weight is 392 g/mol. The first-order valence-electron chi connectivity index (χ1n) is 10.2. The molecule has 152 valence electrons. The molecule has 2 heterocycles. The Morgan fingerprint density at radius 1 is 1.00 bits per heavy atom. The molecule has 0 radical (unpaired) electrons. The molecule has 0 spiro atoms. The number of anilines is 2. The molecule has 1 aliphatic heterocycles. The van der Waals surface area contributed by atoms with E-state index < -0.39 is 6.09 Å². The lowest BCUT2D eigenvalue weighted by molar-refractivity contribution is 0.210. The highest BCUT2D eigenvalue weighted by molar-refractivity contribution is 5.91. The Balaban J connectivity index is 0.000000170. The molecule has 1 aliphatic rings. The number of nitrogens with zero attached hydrogens (tertiary/aromatic N) is 2. The van der Waals surface area contributed by atoms with Crippen LogP contribution in [0.15, 0.2) is 60.8 Å². The Morgan fingerprint density at radius 3 is 2.34 bits per heavy atom. The largest absolute Gasteiger partial charge is 0.465 e. The second-order valence-corrected chi connectivity index (χ2v) is 7.60. The minimum atomic E-state index is -1.03. The lowest BCUT2D eigenvalue weighted by atomic mass is 10.0. The molecule has 0 unspecified atom stereocenters. The molecule has 2 N–H and O–H groups in total. The Bertz CT molecular complexity index is 927. The molecule has 4 rings (SSSR count). The van der Waals surface area contributed by atoms with Gasteiger partial charge in [-0.05, 0) is 55.0 Å². The van der Waals surface area contributed by atoms with Gasteiger partial charge in [-0.1, -0.05) is 44.2 Å². The van der Waals surface area contributed by atoms with E-state index in [1.54, 1.807) is 12.1 Å². The zero-order valence-corrected chi connectivity index (χ0v) is 17.1. The van der Waals surface area contributed by atoms with E-state index in [0.29, 0.717) is 11.6 Å². The second kappa shape index (κ2) is 9.92. The number of aromatic nitrogens is 1. The van der Waals surface area contributed by atoms with Gasteiger partial charge in [0, 0.05) is 36.0 Å². The summed E-state index contributed by atoms with van der Waals surface area (Å²) in [6, 6.07) is 17.9. The van der Waals surface area contributed by atoms with E-state index in [0.717, 1.165) is 5.52 Å². The number of fused-ring (bicyclic) bond motifs is 1. The summed E-state index contributed by atoms with van der Waals surface area (Å²) in [5, 5.41) is 12.0. The monoisotopic (exact) mass is 391 g/mol. The van der Waals surface area contributed by atoms with Crippen LogP contribution in [0.4, 0.5) is 16.2 Å². The van der Waals surface area contributed by atoms with Crippen molar-refractivity contribution in [3.8, 4) is 0 Å². The van der Waals surface area contributed by atoms with Crippen molar-refractivity contribution in [2.24, 2.45) is 0 Å². The van der Waals surface area contributed by atoms with Gasteiger partial charge in [-0.15, -0.1) is 0 Å². The maximum Gasteiger partial charge on any atom is 0.409 e. The lowest BCUT2D eigenvalue weighted by Gasteiger charge is -2.29. The van der Waals surface area contributed by atoms with E-state index in [1.165, 1.54) is 49.0 Å². The van der Waals surface area contributed by atoms with Gasteiger partial charge in [-0.3, -0.25) is 10.3 Å². The first-order chi connectivity index (χ1) is 14.0. The van der Waals surface area contributed by atoms with Crippen molar-refractivity contribution < 1.29 is 9.90 Å². The molecule has 1 aromatic heterocycles. The van der Waals surface area contributed by atoms with Gasteiger partial charge in [0.25, 0.3) is 0 Å². The van der Waals surface area contributed by atoms with Crippen LogP contribution in [0.3, 0.4) is 0 Å². The van der Waals surface area contributed by atoms with Gasteiger partial charge in [-0.2, -0.15) is 0 Å². The van der Waals surface area contributed by atoms with E-state index in [-0.39, 0.29) is 0 Å². The summed E-state index contributed by atoms with van der Waals surface area (Å²) in [6.07, 6.45) is 4.90. The van der Waals surface area contributed by atoms with Crippen LogP contribution in [0.5, 0.6) is 0 Å². The van der Waals surface area contributed by atoms with Gasteiger partial charge >= 0.3 is 6.09 Å². The third-order valence-electron chi connectivity index (χ3n) is 5.15. The van der Waals surface area contributed by atoms with Crippen LogP contribution in [0.2, 0.25) is 0 Å². The van der Waals surface area contributed by atoms with Crippen LogP contribution in [-0.4, -0.2) is 29.3 Å². The van der Waals surface area contributed by atoms with Crippen molar-refractivity contribution in [1.29, 1.82) is 0 Å². The summed E-state index contributed by atoms with van der Waals surface area (Å²) in [6.45, 7) is 6.57. The van der Waals surface area contributed by atoms with Gasteiger partial charge in [0.2, 0.25) is 0 Å². The Kier molecular flexibility index (Phi) is 7.06. The number of hydrogen-bond acceptors (Lipinski definition) is 3. The van der Waals surface area contributed by atoms with E-state index >= 15 is 0 Å². The van der Waals surface area contributed by atoms with Crippen LogP contribution >= 0.6 is 0 Å². The molecule has 29 heavy (non-hydrogen) atoms. The maximum atomic E-state index is 10.3. The number of nitrogens with one attached hydrogen (secondary N) is 1. The topological polar surface area (TPSA) is 65.5 Å². The van der Waals surface area contributed by atoms with Crippen molar-refractivity contribution in [3.63, 3.8) is 0 Å². The molecule has 0 bridgehead atoms. The zero-order valence-electron chi connectivity index (χ0n) is 17.1. The van der Waals surface area contributed by atoms with Crippen molar-refractivity contribution in [1.82, 2.24) is 4.98 Å². The van der Waals surface area contributed by atoms with Crippen molar-refractivity contribution >= 4 is 28.4 Å². The Morgan fingerprint density at radius 2 is 1.69 bits per heavy atom. The minimum Gasteiger partial charge on any atom is -0.465 e. The standard InChI is InChI=1S/C14H16N2.C10H13NO2/c1-4-10-16(11-5-1)14-8-9-15-13-7-3-2-6-12(13)14;1-7(2)8-3-5-9(6-4-8)11-10(12)13/h2-3,6-9H,1,4-5,10-11H2;3-7,11H,1-2H3,(H,12,13). The van der Waals surface area contributed by atoms with Crippen molar-refractivity contribution in [2.75, 3.05) is 23.3 Å². The third-order valence-corrected chi connectivity index (χ3v) is 5.15. The molecule has 3 aromatic rings. The normalized spacial score (nSPS) is 13.7. The lowest BCUT2D eigenvalue weighted by Crippen LogP contribution is -2.29. The molecule has 5 heteroatoms. The SMILES string of the molecule is CC(C)c1ccc(NC(=O)O)cc1.c1ccc2c(N3CCCCC3)ccnc2c1. The van der Waals surface area contributed by atoms with Gasteiger partial charge in [0.1, 0.15) is 0 Å². The summed E-state index contributed by atoms with van der Waals surface area (Å²) in [5.74, 6) is 0.471. The number of pyridine rings is 1. The van der Waals surface area contributed by atoms with Crippen molar-refractivity contribution in [2.45, 2.75) is 39.0 Å². The fourth-order valence-corrected chi connectivity index (χ4v) is 3.57. The summed E-state index contributed by atoms with van der Waals surface area (Å²) in [5.41, 5.74) is 4.27. The van der Waals surface area contributed by atoms with E-state index in [2.05, 4.69) is 59.4 Å². The maximum absolute atomic E-state index is 10.3. The highest BCUT2D eigenvalue weighted by Gasteiger charge is 2.13.